The third-order valence-electron chi connectivity index (χ3n) is 0.935. The lowest BCUT2D eigenvalue weighted by atomic mass is 10.4. The number of nitrogens with zero attached hydrogens (tertiary/aromatic N) is 2. The van der Waals surface area contributed by atoms with Gasteiger partial charge in [-0.1, -0.05) is 4.49 Å². The smallest absolute Gasteiger partial charge is 0.382 e. The number of aliphatic carboxylic acids is 1. The van der Waals surface area contributed by atoms with E-state index >= 15 is 0 Å². The Morgan fingerprint density at radius 3 is 2.91 bits per heavy atom. The van der Waals surface area contributed by atoms with Crippen LogP contribution in [0.4, 0.5) is 0 Å². The molecular formula is C6H4N2O2S. The van der Waals surface area contributed by atoms with Crippen molar-refractivity contribution in [1.29, 1.82) is 0 Å². The number of hydrogen-bond acceptors (Lipinski definition) is 4. The monoisotopic (exact) mass is 168 g/mol. The molecule has 0 saturated heterocycles. The second kappa shape index (κ2) is 3.12. The lowest BCUT2D eigenvalue weighted by Gasteiger charge is -1.77. The van der Waals surface area contributed by atoms with Crippen molar-refractivity contribution in [3.05, 3.63) is 10.6 Å². The highest BCUT2D eigenvalue weighted by molar-refractivity contribution is 7.06. The zero-order valence-electron chi connectivity index (χ0n) is 5.66. The predicted molar refractivity (Wildman–Crippen MR) is 39.2 cm³/mol. The Morgan fingerprint density at radius 1 is 1.73 bits per heavy atom. The summed E-state index contributed by atoms with van der Waals surface area (Å²) in [5.74, 6) is 3.28. The maximum atomic E-state index is 10.00. The standard InChI is InChI=1S/C6H4N2O2S/c1-4-5(11-8-7-4)2-3-6(9)10/h1H3,(H,9,10). The quantitative estimate of drug-likeness (QED) is 0.565. The molecule has 0 bridgehead atoms. The van der Waals surface area contributed by atoms with Gasteiger partial charge in [0.2, 0.25) is 0 Å². The van der Waals surface area contributed by atoms with Gasteiger partial charge in [0.05, 0.1) is 5.69 Å². The molecule has 0 spiro atoms. The normalized spacial score (nSPS) is 8.45. The first-order valence-electron chi connectivity index (χ1n) is 2.74. The van der Waals surface area contributed by atoms with Crippen molar-refractivity contribution >= 4 is 17.5 Å². The van der Waals surface area contributed by atoms with E-state index in [4.69, 9.17) is 5.11 Å². The van der Waals surface area contributed by atoms with Crippen molar-refractivity contribution in [2.24, 2.45) is 0 Å². The molecule has 0 aliphatic rings. The molecule has 1 aromatic rings. The van der Waals surface area contributed by atoms with E-state index in [0.717, 1.165) is 11.5 Å². The zero-order valence-corrected chi connectivity index (χ0v) is 6.47. The highest BCUT2D eigenvalue weighted by atomic mass is 32.1. The molecule has 56 valence electrons. The summed E-state index contributed by atoms with van der Waals surface area (Å²) in [6.45, 7) is 1.73. The van der Waals surface area contributed by atoms with Crippen molar-refractivity contribution in [2.45, 2.75) is 6.92 Å². The Morgan fingerprint density at radius 2 is 2.45 bits per heavy atom. The lowest BCUT2D eigenvalue weighted by Crippen LogP contribution is -1.86. The van der Waals surface area contributed by atoms with E-state index < -0.39 is 5.97 Å². The second-order valence-electron chi connectivity index (χ2n) is 1.74. The van der Waals surface area contributed by atoms with Crippen molar-refractivity contribution in [3.63, 3.8) is 0 Å². The Bertz CT molecular complexity index is 334. The summed E-state index contributed by atoms with van der Waals surface area (Å²) in [6, 6.07) is 0. The average Bonchev–Trinajstić information content (AvgIpc) is 2.31. The summed E-state index contributed by atoms with van der Waals surface area (Å²) < 4.78 is 3.60. The molecule has 0 atom stereocenters. The van der Waals surface area contributed by atoms with E-state index in [0.29, 0.717) is 10.6 Å². The fourth-order valence-electron chi connectivity index (χ4n) is 0.457. The number of aromatic nitrogens is 2. The molecule has 1 heterocycles. The number of aryl methyl sites for hydroxylation is 1. The third kappa shape index (κ3) is 2.02. The molecule has 0 fully saturated rings. The van der Waals surface area contributed by atoms with Crippen LogP contribution in [0.3, 0.4) is 0 Å². The van der Waals surface area contributed by atoms with Crippen LogP contribution < -0.4 is 0 Å². The average molecular weight is 168 g/mol. The van der Waals surface area contributed by atoms with Crippen LogP contribution >= 0.6 is 11.5 Å². The maximum absolute atomic E-state index is 10.00. The highest BCUT2D eigenvalue weighted by Crippen LogP contribution is 2.05. The van der Waals surface area contributed by atoms with Gasteiger partial charge in [0.25, 0.3) is 0 Å². The van der Waals surface area contributed by atoms with Gasteiger partial charge in [-0.25, -0.2) is 4.79 Å². The summed E-state index contributed by atoms with van der Waals surface area (Å²) in [4.78, 5) is 10.6. The highest BCUT2D eigenvalue weighted by Gasteiger charge is 1.97. The Balaban J connectivity index is 2.90. The van der Waals surface area contributed by atoms with Crippen LogP contribution in [-0.2, 0) is 4.79 Å². The Kier molecular flexibility index (Phi) is 2.18. The van der Waals surface area contributed by atoms with Gasteiger partial charge in [-0.3, -0.25) is 0 Å². The summed E-state index contributed by atoms with van der Waals surface area (Å²) in [7, 11) is 0. The summed E-state index contributed by atoms with van der Waals surface area (Å²) in [5.41, 5.74) is 0.670. The van der Waals surface area contributed by atoms with Gasteiger partial charge in [0.15, 0.2) is 0 Å². The molecule has 0 aliphatic heterocycles. The molecule has 4 nitrogen and oxygen atoms in total. The maximum Gasteiger partial charge on any atom is 0.382 e. The Labute approximate surface area is 67.0 Å². The predicted octanol–water partition coefficient (Wildman–Crippen LogP) is 0.283. The molecular weight excluding hydrogens is 164 g/mol. The van der Waals surface area contributed by atoms with E-state index in [1.54, 1.807) is 6.92 Å². The molecule has 1 rings (SSSR count). The van der Waals surface area contributed by atoms with E-state index in [1.165, 1.54) is 0 Å². The van der Waals surface area contributed by atoms with Gasteiger partial charge in [-0.05, 0) is 24.4 Å². The van der Waals surface area contributed by atoms with Crippen LogP contribution in [0.5, 0.6) is 0 Å². The van der Waals surface area contributed by atoms with Crippen molar-refractivity contribution in [2.75, 3.05) is 0 Å². The first kappa shape index (κ1) is 7.69. The summed E-state index contributed by atoms with van der Waals surface area (Å²) >= 11 is 1.09. The SMILES string of the molecule is Cc1nnsc1C#CC(=O)O. The molecule has 1 N–H and O–H groups in total. The molecule has 1 aromatic heterocycles. The molecule has 5 heteroatoms. The minimum Gasteiger partial charge on any atom is -0.472 e. The van der Waals surface area contributed by atoms with Crippen LogP contribution in [0.2, 0.25) is 0 Å². The van der Waals surface area contributed by atoms with Gasteiger partial charge in [0, 0.05) is 5.92 Å². The van der Waals surface area contributed by atoms with Gasteiger partial charge in [-0.2, -0.15) is 0 Å². The molecule has 0 amide bonds. The number of carboxylic acids is 1. The topological polar surface area (TPSA) is 63.1 Å². The van der Waals surface area contributed by atoms with Crippen LogP contribution in [0, 0.1) is 18.8 Å². The molecule has 0 saturated carbocycles. The second-order valence-corrected chi connectivity index (χ2v) is 2.50. The first-order chi connectivity index (χ1) is 5.20. The number of rotatable bonds is 0. The fraction of sp³-hybridized carbons (Fsp3) is 0.167. The fourth-order valence-corrected chi connectivity index (χ4v) is 0.972. The Hall–Kier alpha value is -1.41. The van der Waals surface area contributed by atoms with Crippen LogP contribution in [0.25, 0.3) is 0 Å². The van der Waals surface area contributed by atoms with Crippen LogP contribution in [0.15, 0.2) is 0 Å². The van der Waals surface area contributed by atoms with Gasteiger partial charge in [-0.15, -0.1) is 5.10 Å². The molecule has 0 aliphatic carbocycles. The number of carboxylic acid groups (broad SMARTS) is 1. The van der Waals surface area contributed by atoms with Gasteiger partial charge in [0.1, 0.15) is 4.88 Å². The zero-order chi connectivity index (χ0) is 8.27. The minimum atomic E-state index is -1.14. The van der Waals surface area contributed by atoms with Gasteiger partial charge >= 0.3 is 5.97 Å². The molecule has 11 heavy (non-hydrogen) atoms. The van der Waals surface area contributed by atoms with Crippen molar-refractivity contribution in [3.8, 4) is 11.8 Å². The largest absolute Gasteiger partial charge is 0.472 e. The van der Waals surface area contributed by atoms with E-state index in [1.807, 2.05) is 5.92 Å². The van der Waals surface area contributed by atoms with E-state index in [2.05, 4.69) is 15.5 Å². The third-order valence-corrected chi connectivity index (χ3v) is 1.68. The molecule has 0 radical (unpaired) electrons. The number of hydrogen-bond donors (Lipinski definition) is 1. The number of carbonyl (C=O) groups is 1. The molecule has 0 unspecified atom stereocenters. The van der Waals surface area contributed by atoms with Crippen LogP contribution in [-0.4, -0.2) is 20.7 Å². The molecule has 0 aromatic carbocycles. The van der Waals surface area contributed by atoms with Crippen LogP contribution in [0.1, 0.15) is 10.6 Å². The van der Waals surface area contributed by atoms with Crippen molar-refractivity contribution < 1.29 is 9.90 Å². The first-order valence-corrected chi connectivity index (χ1v) is 3.51. The lowest BCUT2D eigenvalue weighted by molar-refractivity contribution is -0.130. The minimum absolute atomic E-state index is 0.604. The van der Waals surface area contributed by atoms with Gasteiger partial charge < -0.3 is 5.11 Å². The van der Waals surface area contributed by atoms with Crippen molar-refractivity contribution in [1.82, 2.24) is 9.59 Å². The summed E-state index contributed by atoms with van der Waals surface area (Å²) in [6.07, 6.45) is 0. The van der Waals surface area contributed by atoms with E-state index in [-0.39, 0.29) is 0 Å². The summed E-state index contributed by atoms with van der Waals surface area (Å²) in [5, 5.41) is 11.9. The van der Waals surface area contributed by atoms with E-state index in [9.17, 15) is 4.79 Å².